The highest BCUT2D eigenvalue weighted by molar-refractivity contribution is 8.00. The Hall–Kier alpha value is -2.95. The molecule has 2 aliphatic rings. The minimum absolute atomic E-state index is 0.127. The number of carboxylic acids is 1. The Morgan fingerprint density at radius 1 is 1.54 bits per heavy atom. The molecule has 0 saturated heterocycles. The molecule has 1 aromatic rings. The number of aliphatic carboxylic acids is 1. The fraction of sp³-hybridized carbons (Fsp3) is 0.333. The van der Waals surface area contributed by atoms with E-state index in [1.54, 1.807) is 6.07 Å². The van der Waals surface area contributed by atoms with E-state index in [0.717, 1.165) is 5.57 Å². The summed E-state index contributed by atoms with van der Waals surface area (Å²) in [6.07, 6.45) is 1.35. The molecule has 2 atom stereocenters. The van der Waals surface area contributed by atoms with E-state index >= 15 is 0 Å². The topological polar surface area (TPSA) is 139 Å². The Bertz CT molecular complexity index is 787. The number of amides is 1. The minimum atomic E-state index is -1.33. The predicted molar refractivity (Wildman–Crippen MR) is 89.2 cm³/mol. The van der Waals surface area contributed by atoms with Crippen LogP contribution in [0.25, 0.3) is 0 Å². The number of nitrogens with one attached hydrogen (secondary N) is 2. The molecule has 11 heteroatoms. The zero-order valence-electron chi connectivity index (χ0n) is 13.6. The highest BCUT2D eigenvalue weighted by atomic mass is 32.2. The van der Waals surface area contributed by atoms with E-state index in [1.807, 2.05) is 0 Å². The molecule has 26 heavy (non-hydrogen) atoms. The number of carbonyl (C=O) groups excluding carboxylic acids is 2. The van der Waals surface area contributed by atoms with Crippen molar-refractivity contribution in [3.05, 3.63) is 35.4 Å². The Morgan fingerprint density at radius 3 is 3.00 bits per heavy atom. The first kappa shape index (κ1) is 17.9. The number of esters is 1. The molecule has 1 amide bonds. The number of thioether (sulfide) groups is 1. The van der Waals surface area contributed by atoms with Crippen LogP contribution in [0.3, 0.4) is 0 Å². The second-order valence-corrected chi connectivity index (χ2v) is 6.45. The highest BCUT2D eigenvalue weighted by Gasteiger charge is 2.39. The number of furan rings is 1. The molecule has 0 aromatic carbocycles. The molecule has 0 radical (unpaired) electrons. The first-order valence-corrected chi connectivity index (χ1v) is 8.52. The van der Waals surface area contributed by atoms with Crippen molar-refractivity contribution in [2.75, 3.05) is 19.5 Å². The first-order valence-electron chi connectivity index (χ1n) is 7.47. The van der Waals surface area contributed by atoms with Gasteiger partial charge >= 0.3 is 11.9 Å². The number of hydrogen-bond acceptors (Lipinski definition) is 9. The molecule has 0 spiro atoms. The summed E-state index contributed by atoms with van der Waals surface area (Å²) in [5, 5.41) is 17.6. The van der Waals surface area contributed by atoms with Gasteiger partial charge in [0.1, 0.15) is 24.8 Å². The van der Waals surface area contributed by atoms with Crippen LogP contribution in [-0.2, 0) is 24.0 Å². The standard InChI is InChI=1S/C15H15N3O7S/c1-23-18-10(8-3-2-4-24-8)12(19)16-11(14(20)21)13-17-9-7(6-26-13)5-25-15(9)22/h2-4,11,13,17H,5-6H2,1H3,(H,16,19)(H,20,21)/b18-10-/t11-,13-/m1/s1. The summed E-state index contributed by atoms with van der Waals surface area (Å²) < 4.78 is 10.0. The predicted octanol–water partition coefficient (Wildman–Crippen LogP) is -0.327. The fourth-order valence-corrected chi connectivity index (χ4v) is 3.64. The number of carboxylic acid groups (broad SMARTS) is 1. The van der Waals surface area contributed by atoms with Crippen LogP contribution in [-0.4, -0.2) is 59.5 Å². The van der Waals surface area contributed by atoms with Gasteiger partial charge < -0.3 is 29.7 Å². The molecule has 10 nitrogen and oxygen atoms in total. The molecule has 0 saturated carbocycles. The highest BCUT2D eigenvalue weighted by Crippen LogP contribution is 2.28. The largest absolute Gasteiger partial charge is 0.480 e. The molecule has 1 aromatic heterocycles. The van der Waals surface area contributed by atoms with Crippen molar-refractivity contribution < 1.29 is 33.5 Å². The van der Waals surface area contributed by atoms with Crippen LogP contribution in [0.4, 0.5) is 0 Å². The van der Waals surface area contributed by atoms with Gasteiger partial charge in [0, 0.05) is 11.3 Å². The molecule has 3 rings (SSSR count). The van der Waals surface area contributed by atoms with Crippen molar-refractivity contribution in [2.24, 2.45) is 5.16 Å². The van der Waals surface area contributed by atoms with Crippen LogP contribution in [0.5, 0.6) is 0 Å². The number of cyclic esters (lactones) is 1. The van der Waals surface area contributed by atoms with Gasteiger partial charge in [0.2, 0.25) is 5.71 Å². The Morgan fingerprint density at radius 2 is 2.35 bits per heavy atom. The Kier molecular flexibility index (Phi) is 5.16. The minimum Gasteiger partial charge on any atom is -0.480 e. The number of ether oxygens (including phenoxy) is 1. The average Bonchev–Trinajstić information content (AvgIpc) is 3.27. The van der Waals surface area contributed by atoms with Gasteiger partial charge in [-0.1, -0.05) is 5.16 Å². The van der Waals surface area contributed by atoms with Crippen LogP contribution >= 0.6 is 11.8 Å². The van der Waals surface area contributed by atoms with Gasteiger partial charge in [-0.2, -0.15) is 0 Å². The quantitative estimate of drug-likeness (QED) is 0.343. The first-order chi connectivity index (χ1) is 12.5. The molecule has 0 bridgehead atoms. The molecule has 138 valence electrons. The average molecular weight is 381 g/mol. The number of oxime groups is 1. The number of hydrogen-bond donors (Lipinski definition) is 3. The number of carbonyl (C=O) groups is 3. The van der Waals surface area contributed by atoms with Gasteiger partial charge in [-0.25, -0.2) is 9.59 Å². The summed E-state index contributed by atoms with van der Waals surface area (Å²) in [4.78, 5) is 40.5. The summed E-state index contributed by atoms with van der Waals surface area (Å²) in [6.45, 7) is 0.189. The fourth-order valence-electron chi connectivity index (χ4n) is 2.45. The zero-order chi connectivity index (χ0) is 18.7. The third-order valence-corrected chi connectivity index (χ3v) is 4.93. The van der Waals surface area contributed by atoms with Crippen LogP contribution in [0.1, 0.15) is 5.76 Å². The molecule has 3 heterocycles. The van der Waals surface area contributed by atoms with E-state index in [9.17, 15) is 19.5 Å². The molecule has 0 unspecified atom stereocenters. The van der Waals surface area contributed by atoms with E-state index < -0.39 is 29.3 Å². The summed E-state index contributed by atoms with van der Waals surface area (Å²) in [6, 6.07) is 1.72. The monoisotopic (exact) mass is 381 g/mol. The Labute approximate surface area is 151 Å². The lowest BCUT2D eigenvalue weighted by molar-refractivity contribution is -0.141. The van der Waals surface area contributed by atoms with Crippen LogP contribution in [0.15, 0.2) is 39.2 Å². The van der Waals surface area contributed by atoms with E-state index in [1.165, 1.54) is 31.2 Å². The summed E-state index contributed by atoms with van der Waals surface area (Å²) in [7, 11) is 1.25. The summed E-state index contributed by atoms with van der Waals surface area (Å²) in [5.41, 5.74) is 0.819. The van der Waals surface area contributed by atoms with Crippen LogP contribution < -0.4 is 10.6 Å². The molecular weight excluding hydrogens is 366 g/mol. The van der Waals surface area contributed by atoms with Gasteiger partial charge in [0.15, 0.2) is 11.8 Å². The van der Waals surface area contributed by atoms with Crippen molar-refractivity contribution in [3.63, 3.8) is 0 Å². The zero-order valence-corrected chi connectivity index (χ0v) is 14.4. The lowest BCUT2D eigenvalue weighted by atomic mass is 10.2. The molecule has 0 aliphatic carbocycles. The van der Waals surface area contributed by atoms with Gasteiger partial charge in [0.25, 0.3) is 5.91 Å². The van der Waals surface area contributed by atoms with E-state index in [4.69, 9.17) is 9.15 Å². The molecule has 2 aliphatic heterocycles. The third kappa shape index (κ3) is 3.52. The molecular formula is C15H15N3O7S. The molecule has 0 fully saturated rings. The van der Waals surface area contributed by atoms with Crippen molar-refractivity contribution in [1.29, 1.82) is 0 Å². The SMILES string of the molecule is CO/N=C(\C(=O)N[C@@H](C(=O)O)[C@@H]1NC2=C(COC2=O)CS1)c1ccco1. The van der Waals surface area contributed by atoms with Crippen LogP contribution in [0, 0.1) is 0 Å². The smallest absolute Gasteiger partial charge is 0.354 e. The maximum Gasteiger partial charge on any atom is 0.354 e. The summed E-state index contributed by atoms with van der Waals surface area (Å²) >= 11 is 1.25. The van der Waals surface area contributed by atoms with Crippen molar-refractivity contribution >= 4 is 35.3 Å². The van der Waals surface area contributed by atoms with Crippen molar-refractivity contribution in [1.82, 2.24) is 10.6 Å². The normalized spacial score (nSPS) is 20.7. The lowest BCUT2D eigenvalue weighted by Gasteiger charge is -2.29. The van der Waals surface area contributed by atoms with Gasteiger partial charge in [0.05, 0.1) is 6.26 Å². The van der Waals surface area contributed by atoms with E-state index in [2.05, 4.69) is 20.6 Å². The van der Waals surface area contributed by atoms with Crippen molar-refractivity contribution in [2.45, 2.75) is 11.4 Å². The Balaban J connectivity index is 1.77. The van der Waals surface area contributed by atoms with Gasteiger partial charge in [-0.3, -0.25) is 4.79 Å². The second kappa shape index (κ2) is 7.52. The number of nitrogens with zero attached hydrogens (tertiary/aromatic N) is 1. The van der Waals surface area contributed by atoms with Gasteiger partial charge in [-0.05, 0) is 12.1 Å². The third-order valence-electron chi connectivity index (χ3n) is 3.67. The lowest BCUT2D eigenvalue weighted by Crippen LogP contribution is -2.55. The maximum absolute atomic E-state index is 12.5. The molecule has 3 N–H and O–H groups in total. The maximum atomic E-state index is 12.5. The van der Waals surface area contributed by atoms with Gasteiger partial charge in [-0.15, -0.1) is 11.8 Å². The van der Waals surface area contributed by atoms with E-state index in [0.29, 0.717) is 5.75 Å². The van der Waals surface area contributed by atoms with E-state index in [-0.39, 0.29) is 23.8 Å². The van der Waals surface area contributed by atoms with Crippen LogP contribution in [0.2, 0.25) is 0 Å². The second-order valence-electron chi connectivity index (χ2n) is 5.32. The number of rotatable bonds is 6. The summed E-state index contributed by atoms with van der Waals surface area (Å²) in [5.74, 6) is -2.03. The van der Waals surface area contributed by atoms with Crippen molar-refractivity contribution in [3.8, 4) is 0 Å².